The van der Waals surface area contributed by atoms with E-state index >= 15 is 0 Å². The molecule has 0 aliphatic rings. The van der Waals surface area contributed by atoms with Gasteiger partial charge in [-0.1, -0.05) is 48.0 Å². The zero-order valence-corrected chi connectivity index (χ0v) is 13.4. The van der Waals surface area contributed by atoms with E-state index in [4.69, 9.17) is 0 Å². The molecule has 0 fully saturated rings. The number of aryl methyl sites for hydroxylation is 1. The predicted molar refractivity (Wildman–Crippen MR) is 90.2 cm³/mol. The largest absolute Gasteiger partial charge is 0.326 e. The molecular formula is C18H22N3O2+. The summed E-state index contributed by atoms with van der Waals surface area (Å²) in [5, 5.41) is 4.97. The molecule has 23 heavy (non-hydrogen) atoms. The van der Waals surface area contributed by atoms with E-state index < -0.39 is 6.03 Å². The van der Waals surface area contributed by atoms with Crippen molar-refractivity contribution in [2.75, 3.05) is 18.9 Å². The number of urea groups is 1. The lowest BCUT2D eigenvalue weighted by Crippen LogP contribution is -3.09. The van der Waals surface area contributed by atoms with Gasteiger partial charge in [-0.25, -0.2) is 4.79 Å². The summed E-state index contributed by atoms with van der Waals surface area (Å²) in [6.07, 6.45) is 0. The van der Waals surface area contributed by atoms with Crippen LogP contribution in [0.1, 0.15) is 11.1 Å². The first-order valence-corrected chi connectivity index (χ1v) is 7.55. The Kier molecular flexibility index (Phi) is 5.88. The van der Waals surface area contributed by atoms with Gasteiger partial charge in [-0.15, -0.1) is 0 Å². The fraction of sp³-hybridized carbons (Fsp3) is 0.222. The summed E-state index contributed by atoms with van der Waals surface area (Å²) in [6, 6.07) is 16.7. The van der Waals surface area contributed by atoms with Crippen LogP contribution in [0.25, 0.3) is 0 Å². The Labute approximate surface area is 136 Å². The highest BCUT2D eigenvalue weighted by molar-refractivity contribution is 6.01. The van der Waals surface area contributed by atoms with Crippen LogP contribution in [0.15, 0.2) is 54.6 Å². The Morgan fingerprint density at radius 2 is 1.65 bits per heavy atom. The number of carbonyl (C=O) groups is 2. The molecular weight excluding hydrogens is 290 g/mol. The second-order valence-corrected chi connectivity index (χ2v) is 5.66. The molecule has 0 radical (unpaired) electrons. The molecule has 120 valence electrons. The highest BCUT2D eigenvalue weighted by Gasteiger charge is 2.13. The Bertz CT molecular complexity index is 654. The SMILES string of the molecule is Cc1ccc(C[NH+](C)CC(=O)NC(=O)Nc2ccccc2)cc1. The maximum absolute atomic E-state index is 11.9. The van der Waals surface area contributed by atoms with Gasteiger partial charge in [-0.2, -0.15) is 0 Å². The molecule has 0 aromatic heterocycles. The number of carbonyl (C=O) groups excluding carboxylic acids is 2. The third-order valence-corrected chi connectivity index (χ3v) is 3.37. The van der Waals surface area contributed by atoms with Crippen LogP contribution in [0.2, 0.25) is 0 Å². The first-order valence-electron chi connectivity index (χ1n) is 7.55. The average molecular weight is 312 g/mol. The van der Waals surface area contributed by atoms with Crippen molar-refractivity contribution >= 4 is 17.6 Å². The van der Waals surface area contributed by atoms with E-state index in [1.807, 2.05) is 32.2 Å². The molecule has 0 spiro atoms. The van der Waals surface area contributed by atoms with Crippen LogP contribution < -0.4 is 15.5 Å². The van der Waals surface area contributed by atoms with Crippen molar-refractivity contribution in [2.45, 2.75) is 13.5 Å². The molecule has 0 heterocycles. The number of amides is 3. The first-order chi connectivity index (χ1) is 11.0. The van der Waals surface area contributed by atoms with Crippen LogP contribution >= 0.6 is 0 Å². The van der Waals surface area contributed by atoms with Gasteiger partial charge in [-0.05, 0) is 19.1 Å². The molecule has 3 amide bonds. The average Bonchev–Trinajstić information content (AvgIpc) is 2.50. The van der Waals surface area contributed by atoms with E-state index in [0.717, 1.165) is 17.0 Å². The van der Waals surface area contributed by atoms with Crippen molar-refractivity contribution in [3.05, 3.63) is 65.7 Å². The zero-order valence-electron chi connectivity index (χ0n) is 13.4. The monoisotopic (exact) mass is 312 g/mol. The van der Waals surface area contributed by atoms with Gasteiger partial charge in [0.15, 0.2) is 6.54 Å². The van der Waals surface area contributed by atoms with Gasteiger partial charge in [0.1, 0.15) is 6.54 Å². The van der Waals surface area contributed by atoms with Crippen molar-refractivity contribution < 1.29 is 14.5 Å². The van der Waals surface area contributed by atoms with Gasteiger partial charge >= 0.3 is 6.03 Å². The second kappa shape index (κ2) is 8.10. The molecule has 5 nitrogen and oxygen atoms in total. The van der Waals surface area contributed by atoms with Crippen molar-refractivity contribution in [3.63, 3.8) is 0 Å². The standard InChI is InChI=1S/C18H21N3O2/c1-14-8-10-15(11-9-14)12-21(2)13-17(22)20-18(23)19-16-6-4-3-5-7-16/h3-11H,12-13H2,1-2H3,(H2,19,20,22,23)/p+1. The minimum Gasteiger partial charge on any atom is -0.326 e. The number of rotatable bonds is 5. The fourth-order valence-corrected chi connectivity index (χ4v) is 2.25. The number of para-hydroxylation sites is 1. The highest BCUT2D eigenvalue weighted by Crippen LogP contribution is 2.04. The first kappa shape index (κ1) is 16.7. The van der Waals surface area contributed by atoms with Crippen LogP contribution in [-0.4, -0.2) is 25.5 Å². The lowest BCUT2D eigenvalue weighted by molar-refractivity contribution is -0.885. The Balaban J connectivity index is 1.77. The van der Waals surface area contributed by atoms with Crippen molar-refractivity contribution in [1.29, 1.82) is 0 Å². The molecule has 5 heteroatoms. The number of likely N-dealkylation sites (N-methyl/N-ethyl adjacent to an activating group) is 1. The van der Waals surface area contributed by atoms with Crippen LogP contribution in [0.4, 0.5) is 10.5 Å². The Morgan fingerprint density at radius 3 is 2.30 bits per heavy atom. The molecule has 0 aliphatic carbocycles. The number of benzene rings is 2. The minimum absolute atomic E-state index is 0.232. The van der Waals surface area contributed by atoms with Gasteiger partial charge < -0.3 is 10.2 Å². The highest BCUT2D eigenvalue weighted by atomic mass is 16.2. The Morgan fingerprint density at radius 1 is 1.00 bits per heavy atom. The van der Waals surface area contributed by atoms with Crippen molar-refractivity contribution in [3.8, 4) is 0 Å². The summed E-state index contributed by atoms with van der Waals surface area (Å²) >= 11 is 0. The zero-order chi connectivity index (χ0) is 16.7. The predicted octanol–water partition coefficient (Wildman–Crippen LogP) is 1.36. The van der Waals surface area contributed by atoms with E-state index in [-0.39, 0.29) is 12.5 Å². The lowest BCUT2D eigenvalue weighted by Gasteiger charge is -2.14. The van der Waals surface area contributed by atoms with Crippen LogP contribution in [0, 0.1) is 6.92 Å². The normalized spacial score (nSPS) is 11.6. The van der Waals surface area contributed by atoms with Gasteiger partial charge in [0.05, 0.1) is 7.05 Å². The number of anilines is 1. The van der Waals surface area contributed by atoms with E-state index in [9.17, 15) is 9.59 Å². The third kappa shape index (κ3) is 5.92. The van der Waals surface area contributed by atoms with E-state index in [1.165, 1.54) is 5.56 Å². The molecule has 1 atom stereocenters. The van der Waals surface area contributed by atoms with Crippen LogP contribution in [0.3, 0.4) is 0 Å². The summed E-state index contributed by atoms with van der Waals surface area (Å²) in [5.74, 6) is -0.303. The number of hydrogen-bond acceptors (Lipinski definition) is 2. The molecule has 1 unspecified atom stereocenters. The summed E-state index contributed by atoms with van der Waals surface area (Å²) in [7, 11) is 1.93. The van der Waals surface area contributed by atoms with Gasteiger partial charge in [0.2, 0.25) is 0 Å². The number of nitrogens with one attached hydrogen (secondary N) is 3. The smallest absolute Gasteiger partial charge is 0.326 e. The van der Waals surface area contributed by atoms with E-state index in [0.29, 0.717) is 5.69 Å². The summed E-state index contributed by atoms with van der Waals surface area (Å²) in [5.41, 5.74) is 3.02. The minimum atomic E-state index is -0.510. The van der Waals surface area contributed by atoms with Gasteiger partial charge in [0, 0.05) is 11.3 Å². The summed E-state index contributed by atoms with van der Waals surface area (Å²) in [6.45, 7) is 3.00. The molecule has 0 bridgehead atoms. The van der Waals surface area contributed by atoms with Gasteiger partial charge in [-0.3, -0.25) is 10.1 Å². The van der Waals surface area contributed by atoms with Crippen LogP contribution in [-0.2, 0) is 11.3 Å². The molecule has 3 N–H and O–H groups in total. The van der Waals surface area contributed by atoms with Crippen molar-refractivity contribution in [2.24, 2.45) is 0 Å². The molecule has 0 saturated heterocycles. The van der Waals surface area contributed by atoms with E-state index in [1.54, 1.807) is 12.1 Å². The Hall–Kier alpha value is -2.66. The maximum atomic E-state index is 11.9. The summed E-state index contributed by atoms with van der Waals surface area (Å²) in [4.78, 5) is 24.7. The van der Waals surface area contributed by atoms with Crippen molar-refractivity contribution in [1.82, 2.24) is 5.32 Å². The quantitative estimate of drug-likeness (QED) is 0.780. The summed E-state index contributed by atoms with van der Waals surface area (Å²) < 4.78 is 0. The topological polar surface area (TPSA) is 62.6 Å². The lowest BCUT2D eigenvalue weighted by atomic mass is 10.1. The molecule has 2 rings (SSSR count). The second-order valence-electron chi connectivity index (χ2n) is 5.66. The number of quaternary nitrogens is 1. The molecule has 0 saturated carbocycles. The molecule has 2 aromatic carbocycles. The maximum Gasteiger partial charge on any atom is 0.326 e. The van der Waals surface area contributed by atoms with Gasteiger partial charge in [0.25, 0.3) is 5.91 Å². The third-order valence-electron chi connectivity index (χ3n) is 3.37. The molecule has 2 aromatic rings. The van der Waals surface area contributed by atoms with E-state index in [2.05, 4.69) is 34.9 Å². The number of hydrogen-bond donors (Lipinski definition) is 3. The fourth-order valence-electron chi connectivity index (χ4n) is 2.25. The number of imide groups is 1. The molecule has 0 aliphatic heterocycles. The van der Waals surface area contributed by atoms with Crippen LogP contribution in [0.5, 0.6) is 0 Å².